The molecule has 1 amide bonds. The zero-order chi connectivity index (χ0) is 27.3. The number of esters is 1. The van der Waals surface area contributed by atoms with E-state index in [9.17, 15) is 18.0 Å². The molecule has 1 saturated carbocycles. The molecular formula is C26H34N6O5S. The zero-order valence-electron chi connectivity index (χ0n) is 21.9. The van der Waals surface area contributed by atoms with Crippen molar-refractivity contribution in [3.8, 4) is 0 Å². The summed E-state index contributed by atoms with van der Waals surface area (Å²) in [7, 11) is 0.254. The van der Waals surface area contributed by atoms with Crippen LogP contribution in [0.1, 0.15) is 38.2 Å². The molecule has 0 unspecified atom stereocenters. The van der Waals surface area contributed by atoms with E-state index in [1.165, 1.54) is 20.3 Å². The normalized spacial score (nSPS) is 17.8. The Hall–Kier alpha value is -3.51. The largest absolute Gasteiger partial charge is 0.444 e. The second-order valence-corrected chi connectivity index (χ2v) is 11.7. The number of hydrogen-bond donors (Lipinski definition) is 2. The summed E-state index contributed by atoms with van der Waals surface area (Å²) < 4.78 is 33.5. The van der Waals surface area contributed by atoms with Crippen LogP contribution in [-0.4, -0.2) is 60.7 Å². The van der Waals surface area contributed by atoms with E-state index >= 15 is 0 Å². The van der Waals surface area contributed by atoms with Crippen LogP contribution in [0.25, 0.3) is 11.0 Å². The first-order chi connectivity index (χ1) is 18.1. The minimum absolute atomic E-state index is 0.0253. The molecule has 0 bridgehead atoms. The van der Waals surface area contributed by atoms with E-state index in [2.05, 4.69) is 24.9 Å². The Labute approximate surface area is 222 Å². The first-order valence-electron chi connectivity index (χ1n) is 12.6. The van der Waals surface area contributed by atoms with E-state index in [0.29, 0.717) is 11.3 Å². The van der Waals surface area contributed by atoms with Gasteiger partial charge in [0.25, 0.3) is 0 Å². The fourth-order valence-corrected chi connectivity index (χ4v) is 6.03. The number of nitrogens with one attached hydrogen (secondary N) is 2. The molecule has 2 aromatic heterocycles. The van der Waals surface area contributed by atoms with Crippen molar-refractivity contribution in [3.05, 3.63) is 48.4 Å². The molecule has 1 fully saturated rings. The van der Waals surface area contributed by atoms with E-state index in [4.69, 9.17) is 4.74 Å². The molecule has 0 aliphatic heterocycles. The standard InChI is InChI=1S/C26H34N6O5S/c1-18(33)30-21-8-4-19(5-9-21)14-24(34)37-17-32-13-12-23-25(28-16-29-26(23)32)31(3)22-10-6-20(7-11-22)15-38(35,36)27-2/h4-5,8-9,12-13,16,20,22,27H,6-7,10-11,14-15,17H2,1-3H3,(H,30,33)/t20-,22-. The lowest BCUT2D eigenvalue weighted by Crippen LogP contribution is -2.38. The van der Waals surface area contributed by atoms with Crippen LogP contribution in [0, 0.1) is 5.92 Å². The fourth-order valence-electron chi connectivity index (χ4n) is 4.91. The smallest absolute Gasteiger partial charge is 0.311 e. The highest BCUT2D eigenvalue weighted by atomic mass is 32.2. The summed E-state index contributed by atoms with van der Waals surface area (Å²) >= 11 is 0. The maximum Gasteiger partial charge on any atom is 0.311 e. The van der Waals surface area contributed by atoms with Gasteiger partial charge in [0, 0.05) is 31.9 Å². The van der Waals surface area contributed by atoms with Crippen molar-refractivity contribution in [2.24, 2.45) is 5.92 Å². The predicted molar refractivity (Wildman–Crippen MR) is 145 cm³/mol. The van der Waals surface area contributed by atoms with Gasteiger partial charge in [-0.2, -0.15) is 0 Å². The van der Waals surface area contributed by atoms with Gasteiger partial charge in [-0.3, -0.25) is 14.2 Å². The number of nitrogens with zero attached hydrogens (tertiary/aromatic N) is 4. The Balaban J connectivity index is 1.35. The summed E-state index contributed by atoms with van der Waals surface area (Å²) in [4.78, 5) is 34.7. The molecule has 3 aromatic rings. The van der Waals surface area contributed by atoms with Gasteiger partial charge in [0.2, 0.25) is 15.9 Å². The second-order valence-electron chi connectivity index (χ2n) is 9.69. The third-order valence-corrected chi connectivity index (χ3v) is 8.52. The number of aromatic nitrogens is 3. The van der Waals surface area contributed by atoms with E-state index in [1.807, 2.05) is 19.3 Å². The highest BCUT2D eigenvalue weighted by Gasteiger charge is 2.28. The summed E-state index contributed by atoms with van der Waals surface area (Å²) in [5.41, 5.74) is 2.12. The first-order valence-corrected chi connectivity index (χ1v) is 14.3. The van der Waals surface area contributed by atoms with Crippen LogP contribution in [0.5, 0.6) is 0 Å². The van der Waals surface area contributed by atoms with Gasteiger partial charge in [0.05, 0.1) is 17.6 Å². The van der Waals surface area contributed by atoms with Crippen molar-refractivity contribution >= 4 is 44.4 Å². The summed E-state index contributed by atoms with van der Waals surface area (Å²) in [5, 5.41) is 3.55. The maximum atomic E-state index is 12.4. The number of rotatable bonds is 10. The lowest BCUT2D eigenvalue weighted by Gasteiger charge is -2.35. The molecule has 0 atom stereocenters. The molecule has 204 valence electrons. The molecular weight excluding hydrogens is 508 g/mol. The number of benzene rings is 1. The molecule has 38 heavy (non-hydrogen) atoms. The Kier molecular flexibility index (Phi) is 8.62. The van der Waals surface area contributed by atoms with Gasteiger partial charge in [-0.15, -0.1) is 0 Å². The third kappa shape index (κ3) is 6.87. The summed E-state index contributed by atoms with van der Waals surface area (Å²) in [5.74, 6) is 0.600. The number of ether oxygens (including phenoxy) is 1. The van der Waals surface area contributed by atoms with Crippen molar-refractivity contribution in [1.82, 2.24) is 19.3 Å². The number of sulfonamides is 1. The first kappa shape index (κ1) is 27.5. The second kappa shape index (κ2) is 11.9. The van der Waals surface area contributed by atoms with Crippen molar-refractivity contribution in [2.45, 2.75) is 51.8 Å². The average molecular weight is 543 g/mol. The summed E-state index contributed by atoms with van der Waals surface area (Å²) in [6.07, 6.45) is 6.90. The topological polar surface area (TPSA) is 136 Å². The van der Waals surface area contributed by atoms with Gasteiger partial charge in [0.15, 0.2) is 6.73 Å². The summed E-state index contributed by atoms with van der Waals surface area (Å²) in [6.45, 7) is 1.47. The van der Waals surface area contributed by atoms with Gasteiger partial charge < -0.3 is 15.0 Å². The monoisotopic (exact) mass is 542 g/mol. The predicted octanol–water partition coefficient (Wildman–Crippen LogP) is 2.68. The molecule has 0 radical (unpaired) electrons. The van der Waals surface area contributed by atoms with Crippen molar-refractivity contribution < 1.29 is 22.7 Å². The Morgan fingerprint density at radius 1 is 1.11 bits per heavy atom. The van der Waals surface area contributed by atoms with Crippen LogP contribution in [0.2, 0.25) is 0 Å². The molecule has 2 heterocycles. The van der Waals surface area contributed by atoms with E-state index in [0.717, 1.165) is 42.5 Å². The van der Waals surface area contributed by atoms with E-state index < -0.39 is 10.0 Å². The highest BCUT2D eigenvalue weighted by Crippen LogP contribution is 2.32. The van der Waals surface area contributed by atoms with Crippen molar-refractivity contribution in [1.29, 1.82) is 0 Å². The van der Waals surface area contributed by atoms with Crippen LogP contribution >= 0.6 is 0 Å². The number of carbonyl (C=O) groups is 2. The molecule has 12 heteroatoms. The van der Waals surface area contributed by atoms with Gasteiger partial charge in [0.1, 0.15) is 17.8 Å². The minimum atomic E-state index is -3.21. The van der Waals surface area contributed by atoms with Crippen LogP contribution in [0.4, 0.5) is 11.5 Å². The van der Waals surface area contributed by atoms with Gasteiger partial charge in [-0.1, -0.05) is 12.1 Å². The molecule has 0 saturated heterocycles. The molecule has 2 N–H and O–H groups in total. The molecule has 4 rings (SSSR count). The number of amides is 1. The SMILES string of the molecule is CNS(=O)(=O)C[C@H]1CC[C@H](N(C)c2ncnc3c2ccn3COC(=O)Cc2ccc(NC(C)=O)cc2)CC1. The molecule has 1 aliphatic rings. The van der Waals surface area contributed by atoms with Gasteiger partial charge >= 0.3 is 5.97 Å². The van der Waals surface area contributed by atoms with Crippen LogP contribution in [-0.2, 0) is 37.5 Å². The van der Waals surface area contributed by atoms with Gasteiger partial charge in [-0.05, 0) is 62.4 Å². The fraction of sp³-hybridized carbons (Fsp3) is 0.462. The molecule has 0 spiro atoms. The third-order valence-electron chi connectivity index (χ3n) is 6.99. The Morgan fingerprint density at radius 2 is 1.82 bits per heavy atom. The van der Waals surface area contributed by atoms with E-state index in [1.54, 1.807) is 28.8 Å². The number of fused-ring (bicyclic) bond motifs is 1. The number of hydrogen-bond acceptors (Lipinski definition) is 8. The highest BCUT2D eigenvalue weighted by molar-refractivity contribution is 7.89. The number of carbonyl (C=O) groups excluding carboxylic acids is 2. The molecule has 1 aliphatic carbocycles. The van der Waals surface area contributed by atoms with Gasteiger partial charge in [-0.25, -0.2) is 23.1 Å². The maximum absolute atomic E-state index is 12.4. The lowest BCUT2D eigenvalue weighted by molar-refractivity contribution is -0.146. The Morgan fingerprint density at radius 3 is 2.47 bits per heavy atom. The lowest BCUT2D eigenvalue weighted by atomic mass is 9.86. The van der Waals surface area contributed by atoms with Crippen LogP contribution in [0.3, 0.4) is 0 Å². The molecule has 11 nitrogen and oxygen atoms in total. The van der Waals surface area contributed by atoms with Crippen molar-refractivity contribution in [2.75, 3.05) is 30.1 Å². The Bertz CT molecular complexity index is 1380. The quantitative estimate of drug-likeness (QED) is 0.373. The number of anilines is 2. The van der Waals surface area contributed by atoms with Crippen LogP contribution < -0.4 is 14.9 Å². The zero-order valence-corrected chi connectivity index (χ0v) is 22.7. The van der Waals surface area contributed by atoms with Crippen molar-refractivity contribution in [3.63, 3.8) is 0 Å². The minimum Gasteiger partial charge on any atom is -0.444 e. The van der Waals surface area contributed by atoms with Crippen LogP contribution in [0.15, 0.2) is 42.9 Å². The van der Waals surface area contributed by atoms with E-state index in [-0.39, 0.29) is 42.7 Å². The molecule has 1 aromatic carbocycles. The average Bonchev–Trinajstić information content (AvgIpc) is 3.31. The summed E-state index contributed by atoms with van der Waals surface area (Å²) in [6, 6.07) is 9.21.